The zero-order chi connectivity index (χ0) is 21.5. The van der Waals surface area contributed by atoms with Gasteiger partial charge in [-0.3, -0.25) is 14.9 Å². The molecule has 9 heteroatoms. The van der Waals surface area contributed by atoms with Crippen molar-refractivity contribution in [2.24, 2.45) is 5.92 Å². The first-order valence-corrected chi connectivity index (χ1v) is 11.6. The first kappa shape index (κ1) is 22.3. The van der Waals surface area contributed by atoms with Crippen LogP contribution >= 0.6 is 23.1 Å². The second-order valence-corrected chi connectivity index (χ2v) is 9.56. The molecule has 1 saturated carbocycles. The molecule has 1 fully saturated rings. The summed E-state index contributed by atoms with van der Waals surface area (Å²) in [5, 5.41) is 5.95. The minimum absolute atomic E-state index is 0.0407. The monoisotopic (exact) mass is 447 g/mol. The fourth-order valence-electron chi connectivity index (χ4n) is 3.35. The maximum absolute atomic E-state index is 12.9. The number of carbonyl (C=O) groups is 3. The molecule has 0 aliphatic heterocycles. The first-order chi connectivity index (χ1) is 14.5. The Bertz CT molecular complexity index is 923. The summed E-state index contributed by atoms with van der Waals surface area (Å²) >= 11 is 2.80. The lowest BCUT2D eigenvalue weighted by molar-refractivity contribution is -0.140. The van der Waals surface area contributed by atoms with Crippen LogP contribution < -0.4 is 10.6 Å². The third-order valence-corrected chi connectivity index (χ3v) is 7.01. The van der Waals surface area contributed by atoms with Crippen LogP contribution in [0.15, 0.2) is 28.6 Å². The van der Waals surface area contributed by atoms with Crippen LogP contribution in [-0.2, 0) is 9.53 Å². The van der Waals surface area contributed by atoms with E-state index in [2.05, 4.69) is 20.4 Å². The first-order valence-electron chi connectivity index (χ1n) is 9.84. The van der Waals surface area contributed by atoms with Crippen molar-refractivity contribution in [3.05, 3.63) is 35.5 Å². The predicted molar refractivity (Wildman–Crippen MR) is 120 cm³/mol. The number of carbonyl (C=O) groups excluding carboxylic acids is 3. The van der Waals surface area contributed by atoms with Gasteiger partial charge in [0.15, 0.2) is 10.9 Å². The van der Waals surface area contributed by atoms with Gasteiger partial charge in [0.25, 0.3) is 0 Å². The highest BCUT2D eigenvalue weighted by atomic mass is 32.2. The molecule has 1 heterocycles. The maximum Gasteiger partial charge on any atom is 0.325 e. The highest BCUT2D eigenvalue weighted by Crippen LogP contribution is 2.31. The molecule has 0 spiro atoms. The topological polar surface area (TPSA) is 97.4 Å². The van der Waals surface area contributed by atoms with Gasteiger partial charge in [-0.2, -0.15) is 0 Å². The average molecular weight is 448 g/mol. The molecule has 1 aliphatic rings. The van der Waals surface area contributed by atoms with Gasteiger partial charge in [-0.1, -0.05) is 35.8 Å². The third kappa shape index (κ3) is 6.06. The molecule has 2 N–H and O–H groups in total. The smallest absolute Gasteiger partial charge is 0.325 e. The average Bonchev–Trinajstić information content (AvgIpc) is 3.41. The van der Waals surface area contributed by atoms with Crippen LogP contribution in [-0.4, -0.2) is 35.6 Å². The number of nitrogens with one attached hydrogen (secondary N) is 2. The van der Waals surface area contributed by atoms with Crippen molar-refractivity contribution in [1.82, 2.24) is 4.98 Å². The van der Waals surface area contributed by atoms with Gasteiger partial charge >= 0.3 is 12.0 Å². The molecule has 1 aromatic heterocycles. The van der Waals surface area contributed by atoms with Crippen molar-refractivity contribution in [3.8, 4) is 0 Å². The molecule has 160 valence electrons. The lowest BCUT2D eigenvalue weighted by Crippen LogP contribution is -2.22. The number of nitrogens with zero attached hydrogens (tertiary/aromatic N) is 1. The molecular weight excluding hydrogens is 422 g/mol. The number of hydrogen-bond acceptors (Lipinski definition) is 7. The van der Waals surface area contributed by atoms with Crippen molar-refractivity contribution in [1.29, 1.82) is 0 Å². The minimum atomic E-state index is -0.445. The van der Waals surface area contributed by atoms with E-state index < -0.39 is 6.03 Å². The van der Waals surface area contributed by atoms with E-state index in [1.807, 2.05) is 19.1 Å². The number of methoxy groups -OCH3 is 1. The van der Waals surface area contributed by atoms with E-state index in [0.717, 1.165) is 35.5 Å². The molecule has 30 heavy (non-hydrogen) atoms. The Balaban J connectivity index is 1.60. The number of amides is 2. The van der Waals surface area contributed by atoms with Gasteiger partial charge < -0.3 is 10.1 Å². The van der Waals surface area contributed by atoms with E-state index in [0.29, 0.717) is 28.6 Å². The largest absolute Gasteiger partial charge is 0.469 e. The van der Waals surface area contributed by atoms with Crippen LogP contribution in [0, 0.1) is 12.8 Å². The highest BCUT2D eigenvalue weighted by molar-refractivity contribution is 8.01. The number of thioether (sulfide) groups is 1. The molecule has 0 radical (unpaired) electrons. The second kappa shape index (κ2) is 10.6. The van der Waals surface area contributed by atoms with Crippen LogP contribution in [0.2, 0.25) is 0 Å². The van der Waals surface area contributed by atoms with Crippen LogP contribution in [0.25, 0.3) is 0 Å². The number of ether oxygens (including phenoxy) is 1. The van der Waals surface area contributed by atoms with Gasteiger partial charge in [-0.25, -0.2) is 9.78 Å². The number of aromatic nitrogens is 1. The molecule has 7 nitrogen and oxygen atoms in total. The Kier molecular flexibility index (Phi) is 7.87. The molecule has 2 aromatic rings. The summed E-state index contributed by atoms with van der Waals surface area (Å²) in [6, 6.07) is 5.04. The molecular formula is C21H25N3O4S2. The van der Waals surface area contributed by atoms with Crippen LogP contribution in [0.5, 0.6) is 0 Å². The van der Waals surface area contributed by atoms with Crippen molar-refractivity contribution in [2.45, 2.75) is 43.2 Å². The lowest BCUT2D eigenvalue weighted by atomic mass is 9.94. The number of thiazole rings is 1. The number of urea groups is 1. The van der Waals surface area contributed by atoms with Crippen LogP contribution in [0.3, 0.4) is 0 Å². The van der Waals surface area contributed by atoms with E-state index in [4.69, 9.17) is 0 Å². The maximum atomic E-state index is 12.9. The summed E-state index contributed by atoms with van der Waals surface area (Å²) in [6.07, 6.45) is 5.95. The van der Waals surface area contributed by atoms with Crippen molar-refractivity contribution in [3.63, 3.8) is 0 Å². The molecule has 3 rings (SSSR count). The lowest BCUT2D eigenvalue weighted by Gasteiger charge is -2.14. The van der Waals surface area contributed by atoms with Crippen molar-refractivity contribution in [2.75, 3.05) is 23.5 Å². The van der Waals surface area contributed by atoms with E-state index >= 15 is 0 Å². The summed E-state index contributed by atoms with van der Waals surface area (Å²) in [5.41, 5.74) is 2.06. The SMILES string of the molecule is COC(=O)CCSc1cnc(NC(=O)Nc2ccc(C)cc2C(=O)C2CCCC2)s1. The Labute approximate surface area is 184 Å². The van der Waals surface area contributed by atoms with Gasteiger partial charge in [0.2, 0.25) is 0 Å². The normalized spacial score (nSPS) is 13.8. The molecule has 0 saturated heterocycles. The number of hydrogen-bond donors (Lipinski definition) is 2. The third-order valence-electron chi connectivity index (χ3n) is 4.90. The van der Waals surface area contributed by atoms with Gasteiger partial charge in [-0.05, 0) is 31.9 Å². The van der Waals surface area contributed by atoms with Gasteiger partial charge in [0.1, 0.15) is 0 Å². The predicted octanol–water partition coefficient (Wildman–Crippen LogP) is 5.12. The summed E-state index contributed by atoms with van der Waals surface area (Å²) < 4.78 is 5.51. The number of esters is 1. The standard InChI is InChI=1S/C21H25N3O4S2/c1-13-7-8-16(15(11-13)19(26)14-5-3-4-6-14)23-20(27)24-21-22-12-18(30-21)29-10-9-17(25)28-2/h7-8,11-12,14H,3-6,9-10H2,1-2H3,(H2,22,23,24,27). The Morgan fingerprint density at radius 2 is 2.00 bits per heavy atom. The van der Waals surface area contributed by atoms with Gasteiger partial charge in [0, 0.05) is 17.2 Å². The zero-order valence-electron chi connectivity index (χ0n) is 17.0. The molecule has 1 aromatic carbocycles. The second-order valence-electron chi connectivity index (χ2n) is 7.13. The Morgan fingerprint density at radius 3 is 2.73 bits per heavy atom. The Hall–Kier alpha value is -2.39. The van der Waals surface area contributed by atoms with E-state index in [1.165, 1.54) is 30.2 Å². The van der Waals surface area contributed by atoms with E-state index in [9.17, 15) is 14.4 Å². The van der Waals surface area contributed by atoms with Crippen LogP contribution in [0.4, 0.5) is 15.6 Å². The summed E-state index contributed by atoms with van der Waals surface area (Å²) in [5.74, 6) is 0.464. The highest BCUT2D eigenvalue weighted by Gasteiger charge is 2.26. The van der Waals surface area contributed by atoms with Crippen molar-refractivity contribution >= 4 is 51.7 Å². The van der Waals surface area contributed by atoms with Gasteiger partial charge in [0.05, 0.1) is 29.6 Å². The molecule has 0 unspecified atom stereocenters. The number of anilines is 2. The van der Waals surface area contributed by atoms with Crippen molar-refractivity contribution < 1.29 is 19.1 Å². The molecule has 1 aliphatic carbocycles. The summed E-state index contributed by atoms with van der Waals surface area (Å²) in [4.78, 5) is 40.8. The van der Waals surface area contributed by atoms with E-state index in [-0.39, 0.29) is 17.7 Å². The fourth-order valence-corrected chi connectivity index (χ4v) is 5.22. The summed E-state index contributed by atoms with van der Waals surface area (Å²) in [6.45, 7) is 1.93. The van der Waals surface area contributed by atoms with Gasteiger partial charge in [-0.15, -0.1) is 11.8 Å². The number of Topliss-reactive ketones (excluding diaryl/α,β-unsaturated/α-hetero) is 1. The number of rotatable bonds is 8. The molecule has 0 bridgehead atoms. The summed E-state index contributed by atoms with van der Waals surface area (Å²) in [7, 11) is 1.36. The zero-order valence-corrected chi connectivity index (χ0v) is 18.7. The quantitative estimate of drug-likeness (QED) is 0.331. The number of ketones is 1. The van der Waals surface area contributed by atoms with E-state index in [1.54, 1.807) is 12.3 Å². The Morgan fingerprint density at radius 1 is 1.23 bits per heavy atom. The number of benzene rings is 1. The number of aryl methyl sites for hydroxylation is 1. The molecule has 2 amide bonds. The molecule has 0 atom stereocenters. The van der Waals surface area contributed by atoms with Crippen LogP contribution in [0.1, 0.15) is 48.0 Å². The minimum Gasteiger partial charge on any atom is -0.469 e. The fraction of sp³-hybridized carbons (Fsp3) is 0.429.